The first kappa shape index (κ1) is 21.1. The van der Waals surface area contributed by atoms with Gasteiger partial charge in [0.05, 0.1) is 5.69 Å². The van der Waals surface area contributed by atoms with E-state index in [2.05, 4.69) is 70.3 Å². The van der Waals surface area contributed by atoms with E-state index in [0.717, 1.165) is 42.0 Å². The van der Waals surface area contributed by atoms with Crippen LogP contribution in [0.5, 0.6) is 0 Å². The van der Waals surface area contributed by atoms with E-state index in [0.29, 0.717) is 12.3 Å². The van der Waals surface area contributed by atoms with Crippen molar-refractivity contribution in [1.82, 2.24) is 9.38 Å². The number of rotatable bonds is 7. The van der Waals surface area contributed by atoms with Crippen molar-refractivity contribution < 1.29 is 4.79 Å². The second-order valence-corrected chi connectivity index (χ2v) is 9.45. The van der Waals surface area contributed by atoms with Crippen molar-refractivity contribution in [3.63, 3.8) is 0 Å². The van der Waals surface area contributed by atoms with Crippen LogP contribution in [0.3, 0.4) is 0 Å². The first-order chi connectivity index (χ1) is 13.7. The number of benzene rings is 1. The van der Waals surface area contributed by atoms with Crippen LogP contribution in [0.4, 0.5) is 5.82 Å². The number of amides is 1. The van der Waals surface area contributed by atoms with Crippen molar-refractivity contribution in [1.29, 1.82) is 0 Å². The third-order valence-corrected chi connectivity index (χ3v) is 5.10. The Morgan fingerprint density at radius 3 is 2.55 bits per heavy atom. The zero-order valence-corrected chi connectivity index (χ0v) is 18.3. The van der Waals surface area contributed by atoms with Gasteiger partial charge in [-0.2, -0.15) is 0 Å². The Hall–Kier alpha value is -2.62. The van der Waals surface area contributed by atoms with Crippen molar-refractivity contribution in [2.75, 3.05) is 5.32 Å². The van der Waals surface area contributed by atoms with E-state index in [4.69, 9.17) is 4.98 Å². The molecule has 4 nitrogen and oxygen atoms in total. The zero-order valence-electron chi connectivity index (χ0n) is 18.3. The van der Waals surface area contributed by atoms with Gasteiger partial charge in [0.1, 0.15) is 11.5 Å². The maximum absolute atomic E-state index is 12.8. The van der Waals surface area contributed by atoms with Gasteiger partial charge in [-0.3, -0.25) is 9.20 Å². The third kappa shape index (κ3) is 5.93. The smallest absolute Gasteiger partial charge is 0.225 e. The fourth-order valence-electron chi connectivity index (χ4n) is 4.03. The maximum Gasteiger partial charge on any atom is 0.225 e. The van der Waals surface area contributed by atoms with E-state index in [1.807, 2.05) is 22.7 Å². The van der Waals surface area contributed by atoms with E-state index in [1.165, 1.54) is 5.56 Å². The number of anilines is 1. The highest BCUT2D eigenvalue weighted by molar-refractivity contribution is 5.91. The molecule has 3 rings (SSSR count). The van der Waals surface area contributed by atoms with Crippen LogP contribution >= 0.6 is 0 Å². The average molecular weight is 392 g/mol. The summed E-state index contributed by atoms with van der Waals surface area (Å²) in [7, 11) is 0. The van der Waals surface area contributed by atoms with Crippen LogP contribution in [0.15, 0.2) is 48.7 Å². The standard InChI is InChI=1S/C25H33N3O/c1-18-13-14-28-22(15-18)26-21(12-11-20-9-7-6-8-10-20)24(28)27-23(29)16-19(2)17-25(3,4)5/h6-10,13-15,19H,11-12,16-17H2,1-5H3,(H,27,29)/t19-/m0/s1. The lowest BCUT2D eigenvalue weighted by molar-refractivity contribution is -0.117. The van der Waals surface area contributed by atoms with Crippen LogP contribution in [-0.4, -0.2) is 15.3 Å². The highest BCUT2D eigenvalue weighted by Gasteiger charge is 2.20. The third-order valence-electron chi connectivity index (χ3n) is 5.10. The normalized spacial score (nSPS) is 12.9. The van der Waals surface area contributed by atoms with Crippen molar-refractivity contribution in [3.05, 3.63) is 65.5 Å². The number of hydrogen-bond donors (Lipinski definition) is 1. The highest BCUT2D eigenvalue weighted by atomic mass is 16.1. The van der Waals surface area contributed by atoms with Crippen molar-refractivity contribution in [2.24, 2.45) is 11.3 Å². The van der Waals surface area contributed by atoms with Gasteiger partial charge in [-0.1, -0.05) is 58.0 Å². The molecular formula is C25H33N3O. The Balaban J connectivity index is 1.80. The summed E-state index contributed by atoms with van der Waals surface area (Å²) in [5.74, 6) is 1.21. The molecule has 154 valence electrons. The number of hydrogen-bond acceptors (Lipinski definition) is 2. The van der Waals surface area contributed by atoms with Gasteiger partial charge >= 0.3 is 0 Å². The molecule has 29 heavy (non-hydrogen) atoms. The molecule has 0 aliphatic rings. The summed E-state index contributed by atoms with van der Waals surface area (Å²) >= 11 is 0. The Kier molecular flexibility index (Phi) is 6.41. The van der Waals surface area contributed by atoms with Gasteiger partial charge in [-0.15, -0.1) is 0 Å². The van der Waals surface area contributed by atoms with E-state index in [-0.39, 0.29) is 11.3 Å². The minimum Gasteiger partial charge on any atom is -0.310 e. The topological polar surface area (TPSA) is 46.4 Å². The molecule has 1 N–H and O–H groups in total. The summed E-state index contributed by atoms with van der Waals surface area (Å²) in [5, 5.41) is 3.17. The van der Waals surface area contributed by atoms with Gasteiger partial charge in [-0.05, 0) is 60.8 Å². The minimum absolute atomic E-state index is 0.0603. The number of aromatic nitrogens is 2. The molecule has 0 aliphatic heterocycles. The fraction of sp³-hybridized carbons (Fsp3) is 0.440. The van der Waals surface area contributed by atoms with Crippen LogP contribution in [0.25, 0.3) is 5.65 Å². The van der Waals surface area contributed by atoms with Crippen LogP contribution in [0, 0.1) is 18.3 Å². The number of carbonyl (C=O) groups is 1. The highest BCUT2D eigenvalue weighted by Crippen LogP contribution is 2.27. The predicted octanol–water partition coefficient (Wildman–Crippen LogP) is 5.83. The van der Waals surface area contributed by atoms with E-state index in [1.54, 1.807) is 0 Å². The summed E-state index contributed by atoms with van der Waals surface area (Å²) in [6.07, 6.45) is 5.23. The first-order valence-electron chi connectivity index (χ1n) is 10.5. The SMILES string of the molecule is Cc1ccn2c(NC(=O)C[C@H](C)CC(C)(C)C)c(CCc3ccccc3)nc2c1. The van der Waals surface area contributed by atoms with Crippen LogP contribution in [-0.2, 0) is 17.6 Å². The lowest BCUT2D eigenvalue weighted by Crippen LogP contribution is -2.20. The summed E-state index contributed by atoms with van der Waals surface area (Å²) in [6.45, 7) is 10.9. The first-order valence-corrected chi connectivity index (χ1v) is 10.5. The van der Waals surface area contributed by atoms with E-state index in [9.17, 15) is 4.79 Å². The molecule has 0 radical (unpaired) electrons. The lowest BCUT2D eigenvalue weighted by Gasteiger charge is -2.22. The molecule has 0 unspecified atom stereocenters. The van der Waals surface area contributed by atoms with Crippen LogP contribution in [0.1, 0.15) is 57.4 Å². The van der Waals surface area contributed by atoms with E-state index < -0.39 is 0 Å². The summed E-state index contributed by atoms with van der Waals surface area (Å²) in [6, 6.07) is 14.5. The van der Waals surface area contributed by atoms with Gasteiger partial charge in [0, 0.05) is 12.6 Å². The number of pyridine rings is 1. The molecule has 0 bridgehead atoms. The Labute approximate surface area is 174 Å². The second-order valence-electron chi connectivity index (χ2n) is 9.45. The van der Waals surface area contributed by atoms with Gasteiger partial charge in [0.2, 0.25) is 5.91 Å². The van der Waals surface area contributed by atoms with Crippen LogP contribution < -0.4 is 5.32 Å². The molecule has 1 aromatic carbocycles. The summed E-state index contributed by atoms with van der Waals surface area (Å²) in [4.78, 5) is 17.6. The van der Waals surface area contributed by atoms with Crippen LogP contribution in [0.2, 0.25) is 0 Å². The zero-order chi connectivity index (χ0) is 21.0. The van der Waals surface area contributed by atoms with Gasteiger partial charge in [0.15, 0.2) is 0 Å². The average Bonchev–Trinajstić information content (AvgIpc) is 2.95. The molecule has 1 amide bonds. The quantitative estimate of drug-likeness (QED) is 0.551. The molecular weight excluding hydrogens is 358 g/mol. The fourth-order valence-corrected chi connectivity index (χ4v) is 4.03. The van der Waals surface area contributed by atoms with Crippen molar-refractivity contribution >= 4 is 17.4 Å². The molecule has 2 aromatic heterocycles. The van der Waals surface area contributed by atoms with Gasteiger partial charge in [-0.25, -0.2) is 4.98 Å². The second kappa shape index (κ2) is 8.81. The summed E-state index contributed by atoms with van der Waals surface area (Å²) in [5.41, 5.74) is 4.48. The Bertz CT molecular complexity index is 967. The number of fused-ring (bicyclic) bond motifs is 1. The summed E-state index contributed by atoms with van der Waals surface area (Å²) < 4.78 is 2.00. The largest absolute Gasteiger partial charge is 0.310 e. The van der Waals surface area contributed by atoms with Crippen molar-refractivity contribution in [3.8, 4) is 0 Å². The maximum atomic E-state index is 12.8. The molecule has 0 aliphatic carbocycles. The molecule has 4 heteroatoms. The van der Waals surface area contributed by atoms with E-state index >= 15 is 0 Å². The van der Waals surface area contributed by atoms with Crippen molar-refractivity contribution in [2.45, 2.75) is 60.3 Å². The molecule has 2 heterocycles. The van der Waals surface area contributed by atoms with Gasteiger partial charge in [0.25, 0.3) is 0 Å². The predicted molar refractivity (Wildman–Crippen MR) is 120 cm³/mol. The monoisotopic (exact) mass is 391 g/mol. The molecule has 1 atom stereocenters. The molecule has 0 saturated heterocycles. The molecule has 0 fully saturated rings. The number of aryl methyl sites for hydroxylation is 3. The Morgan fingerprint density at radius 1 is 1.14 bits per heavy atom. The van der Waals surface area contributed by atoms with Gasteiger partial charge < -0.3 is 5.32 Å². The number of carbonyl (C=O) groups excluding carboxylic acids is 1. The Morgan fingerprint density at radius 2 is 1.86 bits per heavy atom. The molecule has 0 spiro atoms. The number of nitrogens with one attached hydrogen (secondary N) is 1. The minimum atomic E-state index is 0.0603. The lowest BCUT2D eigenvalue weighted by atomic mass is 9.84. The number of imidazole rings is 1. The number of nitrogens with zero attached hydrogens (tertiary/aromatic N) is 2. The molecule has 3 aromatic rings. The molecule has 0 saturated carbocycles.